The quantitative estimate of drug-likeness (QED) is 0.0417. The third-order valence-electron chi connectivity index (χ3n) is 8.15. The highest BCUT2D eigenvalue weighted by atomic mass is 32.1. The van der Waals surface area contributed by atoms with Gasteiger partial charge in [0.05, 0.1) is 24.9 Å². The molecule has 0 atom stereocenters. The van der Waals surface area contributed by atoms with E-state index in [1.807, 2.05) is 13.8 Å². The third-order valence-corrected chi connectivity index (χ3v) is 8.66. The fourth-order valence-corrected chi connectivity index (χ4v) is 5.83. The van der Waals surface area contributed by atoms with Gasteiger partial charge in [-0.2, -0.15) is 4.37 Å². The molecule has 0 aromatic carbocycles. The number of carbonyl (C=O) groups is 2. The zero-order valence-electron chi connectivity index (χ0n) is 31.6. The van der Waals surface area contributed by atoms with Gasteiger partial charge < -0.3 is 18.9 Å². The predicted molar refractivity (Wildman–Crippen MR) is 201 cm³/mol. The summed E-state index contributed by atoms with van der Waals surface area (Å²) in [6.45, 7) is 10.9. The van der Waals surface area contributed by atoms with Crippen LogP contribution in [0, 0.1) is 0 Å². The highest BCUT2D eigenvalue weighted by molar-refractivity contribution is 6.99. The van der Waals surface area contributed by atoms with Crippen molar-refractivity contribution in [3.8, 4) is 5.88 Å². The Bertz CT molecular complexity index is 892. The minimum Gasteiger partial charge on any atom is -0.475 e. The molecule has 1 rings (SSSR count). The summed E-state index contributed by atoms with van der Waals surface area (Å²) < 4.78 is 29.8. The zero-order valence-corrected chi connectivity index (χ0v) is 32.4. The van der Waals surface area contributed by atoms with Gasteiger partial charge in [-0.15, -0.1) is 4.37 Å². The van der Waals surface area contributed by atoms with Crippen LogP contribution in [0.3, 0.4) is 0 Å². The molecule has 0 N–H and O–H groups in total. The molecule has 0 spiro atoms. The summed E-state index contributed by atoms with van der Waals surface area (Å²) in [5.41, 5.74) is 1.65. The Morgan fingerprint density at radius 2 is 1.10 bits per heavy atom. The van der Waals surface area contributed by atoms with Crippen LogP contribution in [0.25, 0.3) is 5.57 Å². The number of aromatic nitrogens is 2. The van der Waals surface area contributed by atoms with Crippen LogP contribution >= 0.6 is 11.7 Å². The standard InChI is InChI=1S/C37H66N2O6S.C2H6/c1-4-7-10-12-13-14-15-16-17-18-19-20-21-22-23-24-25-28-34(40)44-32-45-37(41)43-31-29-33(27-9-6-3)35-36(39-46-38-35)42-30-26-11-8-5-2;1-2/h27H,4-26,28-32H2,1-3H3;1-2H3/b33-27+;. The first-order valence-corrected chi connectivity index (χ1v) is 20.4. The molecule has 1 aromatic heterocycles. The maximum Gasteiger partial charge on any atom is 0.511 e. The summed E-state index contributed by atoms with van der Waals surface area (Å²) >= 11 is 1.12. The molecule has 0 aliphatic carbocycles. The van der Waals surface area contributed by atoms with E-state index in [1.165, 1.54) is 103 Å². The molecule has 0 radical (unpaired) electrons. The summed E-state index contributed by atoms with van der Waals surface area (Å²) in [5, 5.41) is 0. The first-order valence-electron chi connectivity index (χ1n) is 19.7. The Labute approximate surface area is 298 Å². The van der Waals surface area contributed by atoms with E-state index in [1.54, 1.807) is 0 Å². The molecule has 0 amide bonds. The second-order valence-corrected chi connectivity index (χ2v) is 12.9. The zero-order chi connectivity index (χ0) is 35.3. The smallest absolute Gasteiger partial charge is 0.475 e. The van der Waals surface area contributed by atoms with Gasteiger partial charge in [-0.3, -0.25) is 4.79 Å². The Hall–Kier alpha value is -2.16. The van der Waals surface area contributed by atoms with E-state index in [4.69, 9.17) is 18.9 Å². The molecular weight excluding hydrogens is 625 g/mol. The summed E-state index contributed by atoms with van der Waals surface area (Å²) in [6, 6.07) is 0. The van der Waals surface area contributed by atoms with Gasteiger partial charge in [0.15, 0.2) is 0 Å². The number of allylic oxidation sites excluding steroid dienone is 1. The van der Waals surface area contributed by atoms with Crippen LogP contribution in [0.4, 0.5) is 4.79 Å². The summed E-state index contributed by atoms with van der Waals surface area (Å²) in [7, 11) is 0. The van der Waals surface area contributed by atoms with E-state index < -0.39 is 12.9 Å². The van der Waals surface area contributed by atoms with Crippen LogP contribution in [-0.4, -0.2) is 40.9 Å². The number of rotatable bonds is 32. The van der Waals surface area contributed by atoms with Gasteiger partial charge in [0.1, 0.15) is 5.69 Å². The van der Waals surface area contributed by atoms with Gasteiger partial charge in [-0.25, -0.2) is 4.79 Å². The number of hydrogen-bond donors (Lipinski definition) is 0. The topological polar surface area (TPSA) is 96.8 Å². The number of hydrogen-bond acceptors (Lipinski definition) is 9. The van der Waals surface area contributed by atoms with E-state index >= 15 is 0 Å². The molecule has 280 valence electrons. The largest absolute Gasteiger partial charge is 0.511 e. The van der Waals surface area contributed by atoms with Gasteiger partial charge in [-0.1, -0.05) is 169 Å². The highest BCUT2D eigenvalue weighted by Crippen LogP contribution is 2.27. The number of unbranched alkanes of at least 4 members (excludes halogenated alkanes) is 20. The number of nitrogens with zero attached hydrogens (tertiary/aromatic N) is 2. The molecule has 1 aromatic rings. The molecule has 8 nitrogen and oxygen atoms in total. The van der Waals surface area contributed by atoms with Gasteiger partial charge in [0, 0.05) is 12.8 Å². The van der Waals surface area contributed by atoms with Crippen molar-refractivity contribution in [3.63, 3.8) is 0 Å². The molecule has 0 aliphatic rings. The Morgan fingerprint density at radius 3 is 1.65 bits per heavy atom. The van der Waals surface area contributed by atoms with E-state index in [-0.39, 0.29) is 12.6 Å². The number of esters is 1. The van der Waals surface area contributed by atoms with E-state index in [9.17, 15) is 9.59 Å². The molecule has 0 saturated carbocycles. The van der Waals surface area contributed by atoms with Crippen molar-refractivity contribution >= 4 is 29.4 Å². The van der Waals surface area contributed by atoms with E-state index in [2.05, 4.69) is 35.6 Å². The van der Waals surface area contributed by atoms with Gasteiger partial charge in [0.2, 0.25) is 6.79 Å². The molecule has 0 bridgehead atoms. The summed E-state index contributed by atoms with van der Waals surface area (Å²) in [5.74, 6) is 0.190. The second-order valence-electron chi connectivity index (χ2n) is 12.4. The Morgan fingerprint density at radius 1 is 0.583 bits per heavy atom. The van der Waals surface area contributed by atoms with Crippen LogP contribution < -0.4 is 4.74 Å². The maximum absolute atomic E-state index is 12.0. The molecule has 0 unspecified atom stereocenters. The fourth-order valence-electron chi connectivity index (χ4n) is 5.30. The lowest BCUT2D eigenvalue weighted by atomic mass is 10.0. The van der Waals surface area contributed by atoms with Crippen LogP contribution in [-0.2, 0) is 19.0 Å². The first kappa shape index (κ1) is 45.8. The van der Waals surface area contributed by atoms with Crippen molar-refractivity contribution in [1.82, 2.24) is 8.75 Å². The van der Waals surface area contributed by atoms with Crippen molar-refractivity contribution in [2.45, 2.75) is 195 Å². The third kappa shape index (κ3) is 27.8. The van der Waals surface area contributed by atoms with Gasteiger partial charge in [-0.05, 0) is 24.8 Å². The van der Waals surface area contributed by atoms with Crippen LogP contribution in [0.15, 0.2) is 6.08 Å². The average molecular weight is 697 g/mol. The van der Waals surface area contributed by atoms with Gasteiger partial charge in [0.25, 0.3) is 5.88 Å². The Kier molecular flexibility index (Phi) is 34.5. The molecule has 0 aliphatic heterocycles. The number of ether oxygens (including phenoxy) is 4. The van der Waals surface area contributed by atoms with Crippen molar-refractivity contribution in [3.05, 3.63) is 11.8 Å². The monoisotopic (exact) mass is 697 g/mol. The minimum atomic E-state index is -0.857. The maximum atomic E-state index is 12.0. The fraction of sp³-hybridized carbons (Fsp3) is 0.846. The lowest BCUT2D eigenvalue weighted by Crippen LogP contribution is -2.14. The van der Waals surface area contributed by atoms with Crippen molar-refractivity contribution in [2.75, 3.05) is 20.0 Å². The first-order chi connectivity index (χ1) is 23.6. The van der Waals surface area contributed by atoms with Gasteiger partial charge >= 0.3 is 12.1 Å². The average Bonchev–Trinajstić information content (AvgIpc) is 3.56. The van der Waals surface area contributed by atoms with E-state index in [0.717, 1.165) is 62.2 Å². The lowest BCUT2D eigenvalue weighted by molar-refractivity contribution is -0.153. The lowest BCUT2D eigenvalue weighted by Gasteiger charge is -2.10. The SMILES string of the molecule is CC.CCC/C=C(\CCOC(=O)OCOC(=O)CCCCCCCCCCCCCCCCCCC)c1nsnc1OCCCCCC. The highest BCUT2D eigenvalue weighted by Gasteiger charge is 2.16. The normalized spacial score (nSPS) is 11.1. The second kappa shape index (κ2) is 36.1. The molecular formula is C39H72N2O6S. The molecule has 0 saturated heterocycles. The van der Waals surface area contributed by atoms with Crippen molar-refractivity contribution in [2.24, 2.45) is 0 Å². The molecule has 0 fully saturated rings. The van der Waals surface area contributed by atoms with Crippen molar-refractivity contribution in [1.29, 1.82) is 0 Å². The molecule has 1 heterocycles. The molecule has 48 heavy (non-hydrogen) atoms. The molecule has 9 heteroatoms. The Balaban J connectivity index is 0.0000108. The van der Waals surface area contributed by atoms with E-state index in [0.29, 0.717) is 31.0 Å². The van der Waals surface area contributed by atoms with Crippen LogP contribution in [0.5, 0.6) is 5.88 Å². The predicted octanol–water partition coefficient (Wildman–Crippen LogP) is 12.8. The summed E-state index contributed by atoms with van der Waals surface area (Å²) in [6.07, 6.45) is 30.5. The number of carbonyl (C=O) groups excluding carboxylic acids is 2. The van der Waals surface area contributed by atoms with Crippen LogP contribution in [0.1, 0.15) is 201 Å². The minimum absolute atomic E-state index is 0.120. The summed E-state index contributed by atoms with van der Waals surface area (Å²) in [4.78, 5) is 24.0. The van der Waals surface area contributed by atoms with Crippen LogP contribution in [0.2, 0.25) is 0 Å². The van der Waals surface area contributed by atoms with Crippen molar-refractivity contribution < 1.29 is 28.5 Å².